The molecular formula is C13H17N3O. The molecule has 4 nitrogen and oxygen atoms in total. The van der Waals surface area contributed by atoms with Gasteiger partial charge in [0.2, 0.25) is 5.91 Å². The molecule has 2 aliphatic carbocycles. The van der Waals surface area contributed by atoms with Crippen LogP contribution in [0, 0.1) is 0 Å². The molecule has 0 bridgehead atoms. The third kappa shape index (κ3) is 2.17. The van der Waals surface area contributed by atoms with Crippen LogP contribution in [0.15, 0.2) is 24.5 Å². The number of nitrogens with zero attached hydrogens (tertiary/aromatic N) is 2. The van der Waals surface area contributed by atoms with E-state index in [0.29, 0.717) is 12.6 Å². The second-order valence-corrected chi connectivity index (χ2v) is 5.18. The lowest BCUT2D eigenvalue weighted by atomic mass is 10.2. The monoisotopic (exact) mass is 231 g/mol. The molecular weight excluding hydrogens is 214 g/mol. The van der Waals surface area contributed by atoms with Crippen LogP contribution in [0.3, 0.4) is 0 Å². The van der Waals surface area contributed by atoms with Gasteiger partial charge in [0.15, 0.2) is 0 Å². The Morgan fingerprint density at radius 3 is 2.82 bits per heavy atom. The Morgan fingerprint density at radius 1 is 1.53 bits per heavy atom. The van der Waals surface area contributed by atoms with E-state index in [4.69, 9.17) is 5.73 Å². The highest BCUT2D eigenvalue weighted by Crippen LogP contribution is 2.38. The smallest absolute Gasteiger partial charge is 0.243 e. The van der Waals surface area contributed by atoms with Gasteiger partial charge in [-0.25, -0.2) is 0 Å². The Kier molecular flexibility index (Phi) is 2.40. The lowest BCUT2D eigenvalue weighted by molar-refractivity contribution is -0.134. The second-order valence-electron chi connectivity index (χ2n) is 5.18. The topological polar surface area (TPSA) is 59.2 Å². The normalized spacial score (nSPS) is 21.0. The number of nitrogens with two attached hydrogens (primary N) is 1. The maximum Gasteiger partial charge on any atom is 0.243 e. The van der Waals surface area contributed by atoms with Crippen LogP contribution >= 0.6 is 0 Å². The Hall–Kier alpha value is -1.42. The van der Waals surface area contributed by atoms with Crippen molar-refractivity contribution in [3.8, 4) is 0 Å². The molecule has 0 unspecified atom stereocenters. The molecule has 4 heteroatoms. The highest BCUT2D eigenvalue weighted by molar-refractivity contribution is 5.89. The first-order valence-corrected chi connectivity index (χ1v) is 6.18. The maximum absolute atomic E-state index is 12.3. The van der Waals surface area contributed by atoms with Gasteiger partial charge in [-0.05, 0) is 37.3 Å². The molecule has 0 aliphatic heterocycles. The molecule has 2 saturated carbocycles. The van der Waals surface area contributed by atoms with Gasteiger partial charge in [0.25, 0.3) is 0 Å². The lowest BCUT2D eigenvalue weighted by Gasteiger charge is -2.25. The van der Waals surface area contributed by atoms with Crippen LogP contribution < -0.4 is 5.73 Å². The first-order valence-electron chi connectivity index (χ1n) is 6.18. The zero-order valence-electron chi connectivity index (χ0n) is 9.80. The third-order valence-corrected chi connectivity index (χ3v) is 3.54. The Balaban J connectivity index is 1.74. The molecule has 0 spiro atoms. The minimum absolute atomic E-state index is 0.129. The van der Waals surface area contributed by atoms with Crippen LogP contribution in [0.1, 0.15) is 31.2 Å². The van der Waals surface area contributed by atoms with Gasteiger partial charge >= 0.3 is 0 Å². The molecule has 0 saturated heterocycles. The molecule has 1 aromatic heterocycles. The van der Waals surface area contributed by atoms with Crippen molar-refractivity contribution >= 4 is 5.91 Å². The number of carbonyl (C=O) groups excluding carboxylic acids is 1. The summed E-state index contributed by atoms with van der Waals surface area (Å²) in [5.74, 6) is 0.129. The van der Waals surface area contributed by atoms with Gasteiger partial charge in [0, 0.05) is 25.0 Å². The summed E-state index contributed by atoms with van der Waals surface area (Å²) in [6, 6.07) is 4.31. The first kappa shape index (κ1) is 10.7. The zero-order valence-corrected chi connectivity index (χ0v) is 9.80. The minimum atomic E-state index is -0.551. The second kappa shape index (κ2) is 3.81. The van der Waals surface area contributed by atoms with Crippen molar-refractivity contribution in [3.63, 3.8) is 0 Å². The zero-order chi connectivity index (χ0) is 11.9. The summed E-state index contributed by atoms with van der Waals surface area (Å²) < 4.78 is 0. The average molecular weight is 231 g/mol. The average Bonchev–Trinajstić information content (AvgIpc) is 3.22. The molecule has 2 fully saturated rings. The summed E-state index contributed by atoms with van der Waals surface area (Å²) >= 11 is 0. The molecule has 3 rings (SSSR count). The SMILES string of the molecule is NC1(C(=O)N(Cc2cccnc2)C2CC2)CC1. The van der Waals surface area contributed by atoms with Crippen molar-refractivity contribution in [2.24, 2.45) is 5.73 Å². The van der Waals surface area contributed by atoms with Crippen molar-refractivity contribution in [1.29, 1.82) is 0 Å². The number of rotatable bonds is 4. The molecule has 1 amide bonds. The van der Waals surface area contributed by atoms with Gasteiger partial charge in [-0.3, -0.25) is 9.78 Å². The van der Waals surface area contributed by atoms with E-state index in [-0.39, 0.29) is 5.91 Å². The van der Waals surface area contributed by atoms with E-state index in [2.05, 4.69) is 4.98 Å². The molecule has 2 aliphatic rings. The molecule has 0 radical (unpaired) electrons. The summed E-state index contributed by atoms with van der Waals surface area (Å²) in [5.41, 5.74) is 6.53. The predicted octanol–water partition coefficient (Wildman–Crippen LogP) is 1.06. The van der Waals surface area contributed by atoms with Crippen LogP contribution in [0.25, 0.3) is 0 Å². The van der Waals surface area contributed by atoms with E-state index in [1.807, 2.05) is 23.2 Å². The summed E-state index contributed by atoms with van der Waals surface area (Å²) in [6.07, 6.45) is 7.46. The van der Waals surface area contributed by atoms with Gasteiger partial charge in [-0.15, -0.1) is 0 Å². The molecule has 0 atom stereocenters. The Morgan fingerprint density at radius 2 is 2.29 bits per heavy atom. The summed E-state index contributed by atoms with van der Waals surface area (Å²) in [4.78, 5) is 18.3. The van der Waals surface area contributed by atoms with Gasteiger partial charge < -0.3 is 10.6 Å². The van der Waals surface area contributed by atoms with Crippen LogP contribution in [-0.4, -0.2) is 27.4 Å². The number of hydrogen-bond acceptors (Lipinski definition) is 3. The summed E-state index contributed by atoms with van der Waals surface area (Å²) in [7, 11) is 0. The van der Waals surface area contributed by atoms with Crippen molar-refractivity contribution < 1.29 is 4.79 Å². The number of pyridine rings is 1. The number of carbonyl (C=O) groups is 1. The van der Waals surface area contributed by atoms with E-state index >= 15 is 0 Å². The quantitative estimate of drug-likeness (QED) is 0.843. The van der Waals surface area contributed by atoms with Crippen LogP contribution in [0.5, 0.6) is 0 Å². The van der Waals surface area contributed by atoms with Crippen molar-refractivity contribution in [2.45, 2.75) is 43.8 Å². The van der Waals surface area contributed by atoms with E-state index in [1.54, 1.807) is 6.20 Å². The molecule has 90 valence electrons. The fraction of sp³-hybridized carbons (Fsp3) is 0.538. The Bertz CT molecular complexity index is 424. The van der Waals surface area contributed by atoms with Crippen molar-refractivity contribution in [2.75, 3.05) is 0 Å². The Labute approximate surface area is 101 Å². The van der Waals surface area contributed by atoms with E-state index in [9.17, 15) is 4.79 Å². The summed E-state index contributed by atoms with van der Waals surface area (Å²) in [5, 5.41) is 0. The largest absolute Gasteiger partial charge is 0.334 e. The van der Waals surface area contributed by atoms with Crippen molar-refractivity contribution in [3.05, 3.63) is 30.1 Å². The van der Waals surface area contributed by atoms with E-state index in [0.717, 1.165) is 31.2 Å². The molecule has 1 heterocycles. The highest BCUT2D eigenvalue weighted by Gasteiger charge is 2.50. The van der Waals surface area contributed by atoms with Gasteiger partial charge in [0.05, 0.1) is 5.54 Å². The van der Waals surface area contributed by atoms with Crippen LogP contribution in [0.2, 0.25) is 0 Å². The van der Waals surface area contributed by atoms with Gasteiger partial charge in [-0.1, -0.05) is 6.07 Å². The number of aromatic nitrogens is 1. The van der Waals surface area contributed by atoms with Crippen molar-refractivity contribution in [1.82, 2.24) is 9.88 Å². The van der Waals surface area contributed by atoms with E-state index < -0.39 is 5.54 Å². The molecule has 2 N–H and O–H groups in total. The molecule has 17 heavy (non-hydrogen) atoms. The van der Waals surface area contributed by atoms with Crippen LogP contribution in [0.4, 0.5) is 0 Å². The fourth-order valence-corrected chi connectivity index (χ4v) is 2.08. The lowest BCUT2D eigenvalue weighted by Crippen LogP contribution is -2.46. The molecule has 1 aromatic rings. The van der Waals surface area contributed by atoms with Crippen LogP contribution in [-0.2, 0) is 11.3 Å². The third-order valence-electron chi connectivity index (χ3n) is 3.54. The minimum Gasteiger partial charge on any atom is -0.334 e. The van der Waals surface area contributed by atoms with E-state index in [1.165, 1.54) is 0 Å². The molecule has 0 aromatic carbocycles. The predicted molar refractivity (Wildman–Crippen MR) is 64.0 cm³/mol. The number of hydrogen-bond donors (Lipinski definition) is 1. The van der Waals surface area contributed by atoms with Gasteiger partial charge in [-0.2, -0.15) is 0 Å². The standard InChI is InChI=1S/C13H17N3O/c14-13(5-6-13)12(17)16(11-3-4-11)9-10-2-1-7-15-8-10/h1-2,7-8,11H,3-6,9,14H2. The fourth-order valence-electron chi connectivity index (χ4n) is 2.08. The summed E-state index contributed by atoms with van der Waals surface area (Å²) in [6.45, 7) is 0.649. The first-order chi connectivity index (χ1) is 8.19. The van der Waals surface area contributed by atoms with Gasteiger partial charge in [0.1, 0.15) is 0 Å². The maximum atomic E-state index is 12.3. The highest BCUT2D eigenvalue weighted by atomic mass is 16.2. The number of amides is 1.